The highest BCUT2D eigenvalue weighted by atomic mass is 32.2. The van der Waals surface area contributed by atoms with E-state index in [1.165, 1.54) is 6.07 Å². The maximum Gasteiger partial charge on any atom is 0.441 e. The second kappa shape index (κ2) is 6.55. The molecule has 1 heterocycles. The van der Waals surface area contributed by atoms with E-state index in [4.69, 9.17) is 0 Å². The molecule has 2 N–H and O–H groups in total. The van der Waals surface area contributed by atoms with Crippen molar-refractivity contribution < 1.29 is 27.2 Å². The molecular formula is C13H12F4N2O2S. The Morgan fingerprint density at radius 3 is 2.82 bits per heavy atom. The van der Waals surface area contributed by atoms with Crippen molar-refractivity contribution >= 4 is 29.3 Å². The summed E-state index contributed by atoms with van der Waals surface area (Å²) in [5, 5.41) is 4.83. The normalized spacial score (nSPS) is 17.6. The zero-order valence-electron chi connectivity index (χ0n) is 11.2. The minimum Gasteiger partial charge on any atom is -0.355 e. The Bertz CT molecular complexity index is 592. The smallest absolute Gasteiger partial charge is 0.355 e. The molecule has 0 aromatic heterocycles. The Morgan fingerprint density at radius 2 is 2.14 bits per heavy atom. The third kappa shape index (κ3) is 4.36. The zero-order valence-corrected chi connectivity index (χ0v) is 12.0. The minimum atomic E-state index is -4.35. The van der Waals surface area contributed by atoms with Gasteiger partial charge in [0.2, 0.25) is 11.8 Å². The molecule has 0 unspecified atom stereocenters. The number of carbonyl (C=O) groups is 2. The molecule has 1 aromatic rings. The molecule has 0 spiro atoms. The molecule has 120 valence electrons. The monoisotopic (exact) mass is 336 g/mol. The van der Waals surface area contributed by atoms with Gasteiger partial charge in [-0.2, -0.15) is 13.2 Å². The molecule has 22 heavy (non-hydrogen) atoms. The van der Waals surface area contributed by atoms with Crippen LogP contribution in [-0.2, 0) is 9.59 Å². The summed E-state index contributed by atoms with van der Waals surface area (Å²) in [4.78, 5) is 23.6. The topological polar surface area (TPSA) is 58.2 Å². The number of nitrogens with one attached hydrogen (secondary N) is 2. The Balaban J connectivity index is 2.00. The largest absolute Gasteiger partial charge is 0.441 e. The van der Waals surface area contributed by atoms with Crippen LogP contribution in [0.1, 0.15) is 17.9 Å². The van der Waals surface area contributed by atoms with Crippen LogP contribution in [0, 0.1) is 5.82 Å². The lowest BCUT2D eigenvalue weighted by atomic mass is 9.90. The van der Waals surface area contributed by atoms with Gasteiger partial charge in [-0.25, -0.2) is 4.39 Å². The number of rotatable bonds is 4. The third-order valence-corrected chi connectivity index (χ3v) is 3.77. The van der Waals surface area contributed by atoms with Gasteiger partial charge in [0.25, 0.3) is 0 Å². The predicted octanol–water partition coefficient (Wildman–Crippen LogP) is 2.62. The molecule has 0 bridgehead atoms. The lowest BCUT2D eigenvalue weighted by Crippen LogP contribution is -2.36. The highest BCUT2D eigenvalue weighted by Crippen LogP contribution is 2.33. The standard InChI is InChI=1S/C13H12F4N2O2S/c14-7-1-2-8-9(6-11(20)19-10(8)5-7)12(21)18-3-4-22-13(15,16)17/h1-2,5,9H,3-4,6H2,(H,18,21)(H,19,20)/t9-/m1/s1. The molecule has 1 aliphatic rings. The highest BCUT2D eigenvalue weighted by molar-refractivity contribution is 8.00. The number of benzene rings is 1. The van der Waals surface area contributed by atoms with E-state index in [-0.39, 0.29) is 36.2 Å². The van der Waals surface area contributed by atoms with Crippen molar-refractivity contribution in [2.24, 2.45) is 0 Å². The zero-order chi connectivity index (χ0) is 16.3. The van der Waals surface area contributed by atoms with Gasteiger partial charge < -0.3 is 10.6 Å². The minimum absolute atomic E-state index is 0.128. The first-order chi connectivity index (χ1) is 10.3. The van der Waals surface area contributed by atoms with Crippen LogP contribution in [0.25, 0.3) is 0 Å². The van der Waals surface area contributed by atoms with Gasteiger partial charge in [0.15, 0.2) is 0 Å². The summed E-state index contributed by atoms with van der Waals surface area (Å²) in [6.07, 6.45) is -0.128. The van der Waals surface area contributed by atoms with Gasteiger partial charge in [0.1, 0.15) is 5.82 Å². The quantitative estimate of drug-likeness (QED) is 0.656. The Kier molecular flexibility index (Phi) is 4.94. The molecule has 1 atom stereocenters. The van der Waals surface area contributed by atoms with Crippen molar-refractivity contribution in [3.8, 4) is 0 Å². The molecule has 4 nitrogen and oxygen atoms in total. The Hall–Kier alpha value is -1.77. The maximum absolute atomic E-state index is 13.1. The van der Waals surface area contributed by atoms with Crippen LogP contribution in [-0.4, -0.2) is 29.6 Å². The number of carbonyl (C=O) groups excluding carboxylic acids is 2. The van der Waals surface area contributed by atoms with E-state index < -0.39 is 29.1 Å². The molecule has 0 saturated carbocycles. The van der Waals surface area contributed by atoms with Crippen LogP contribution in [0.5, 0.6) is 0 Å². The summed E-state index contributed by atoms with van der Waals surface area (Å²) in [5.41, 5.74) is -3.69. The summed E-state index contributed by atoms with van der Waals surface area (Å²) >= 11 is -0.233. The van der Waals surface area contributed by atoms with Crippen LogP contribution in [0.3, 0.4) is 0 Å². The number of anilines is 1. The number of alkyl halides is 3. The molecule has 2 rings (SSSR count). The molecule has 9 heteroatoms. The number of hydrogen-bond acceptors (Lipinski definition) is 3. The van der Waals surface area contributed by atoms with E-state index in [2.05, 4.69) is 10.6 Å². The molecule has 0 fully saturated rings. The van der Waals surface area contributed by atoms with Crippen molar-refractivity contribution in [1.29, 1.82) is 0 Å². The number of halogens is 4. The molecule has 0 radical (unpaired) electrons. The summed E-state index contributed by atoms with van der Waals surface area (Å²) in [7, 11) is 0. The van der Waals surface area contributed by atoms with E-state index in [1.54, 1.807) is 0 Å². The van der Waals surface area contributed by atoms with Crippen LogP contribution in [0.4, 0.5) is 23.2 Å². The lowest BCUT2D eigenvalue weighted by Gasteiger charge is -2.24. The molecule has 1 aliphatic heterocycles. The van der Waals surface area contributed by atoms with Crippen molar-refractivity contribution in [2.45, 2.75) is 17.8 Å². The van der Waals surface area contributed by atoms with Gasteiger partial charge in [-0.3, -0.25) is 9.59 Å². The van der Waals surface area contributed by atoms with Crippen LogP contribution < -0.4 is 10.6 Å². The summed E-state index contributed by atoms with van der Waals surface area (Å²) in [5.74, 6) is -2.69. The van der Waals surface area contributed by atoms with Gasteiger partial charge >= 0.3 is 5.51 Å². The highest BCUT2D eigenvalue weighted by Gasteiger charge is 2.31. The van der Waals surface area contributed by atoms with Gasteiger partial charge in [-0.1, -0.05) is 6.07 Å². The summed E-state index contributed by atoms with van der Waals surface area (Å²) in [6.45, 7) is -0.169. The fourth-order valence-electron chi connectivity index (χ4n) is 2.14. The average molecular weight is 336 g/mol. The van der Waals surface area contributed by atoms with Gasteiger partial charge in [-0.15, -0.1) is 0 Å². The van der Waals surface area contributed by atoms with Crippen LogP contribution in [0.15, 0.2) is 18.2 Å². The van der Waals surface area contributed by atoms with Crippen molar-refractivity contribution in [2.75, 3.05) is 17.6 Å². The van der Waals surface area contributed by atoms with E-state index in [0.717, 1.165) is 12.1 Å². The Morgan fingerprint density at radius 1 is 1.41 bits per heavy atom. The van der Waals surface area contributed by atoms with E-state index in [1.807, 2.05) is 0 Å². The van der Waals surface area contributed by atoms with Crippen molar-refractivity contribution in [3.05, 3.63) is 29.6 Å². The average Bonchev–Trinajstić information content (AvgIpc) is 2.40. The molecule has 1 aromatic carbocycles. The van der Waals surface area contributed by atoms with E-state index in [9.17, 15) is 27.2 Å². The first-order valence-corrected chi connectivity index (χ1v) is 7.32. The number of fused-ring (bicyclic) bond motifs is 1. The second-order valence-electron chi connectivity index (χ2n) is 4.62. The predicted molar refractivity (Wildman–Crippen MR) is 73.9 cm³/mol. The number of amides is 2. The molecular weight excluding hydrogens is 324 g/mol. The van der Waals surface area contributed by atoms with Crippen molar-refractivity contribution in [1.82, 2.24) is 5.32 Å². The number of thioether (sulfide) groups is 1. The summed E-state index contributed by atoms with van der Waals surface area (Å²) in [6, 6.07) is 3.65. The first-order valence-electron chi connectivity index (χ1n) is 6.34. The maximum atomic E-state index is 13.1. The van der Waals surface area contributed by atoms with E-state index in [0.29, 0.717) is 5.56 Å². The lowest BCUT2D eigenvalue weighted by molar-refractivity contribution is -0.126. The van der Waals surface area contributed by atoms with Crippen LogP contribution >= 0.6 is 11.8 Å². The first kappa shape index (κ1) is 16.6. The molecule has 0 aliphatic carbocycles. The van der Waals surface area contributed by atoms with E-state index >= 15 is 0 Å². The molecule has 0 saturated heterocycles. The van der Waals surface area contributed by atoms with Gasteiger partial charge in [-0.05, 0) is 29.5 Å². The third-order valence-electron chi connectivity index (χ3n) is 3.04. The SMILES string of the molecule is O=C1C[C@@H](C(=O)NCCSC(F)(F)F)c2ccc(F)cc2N1. The van der Waals surface area contributed by atoms with Gasteiger partial charge in [0.05, 0.1) is 5.92 Å². The van der Waals surface area contributed by atoms with Crippen molar-refractivity contribution in [3.63, 3.8) is 0 Å². The second-order valence-corrected chi connectivity index (χ2v) is 5.78. The molecule has 2 amide bonds. The van der Waals surface area contributed by atoms with Crippen LogP contribution in [0.2, 0.25) is 0 Å². The Labute approximate surface area is 127 Å². The van der Waals surface area contributed by atoms with Gasteiger partial charge in [0, 0.05) is 24.4 Å². The fourth-order valence-corrected chi connectivity index (χ4v) is 2.57. The fraction of sp³-hybridized carbons (Fsp3) is 0.385. The summed E-state index contributed by atoms with van der Waals surface area (Å²) < 4.78 is 49.1. The number of hydrogen-bond donors (Lipinski definition) is 2.